The van der Waals surface area contributed by atoms with Gasteiger partial charge in [-0.3, -0.25) is 4.79 Å². The number of hydrogen-bond acceptors (Lipinski definition) is 6. The van der Waals surface area contributed by atoms with E-state index >= 15 is 0 Å². The molecule has 1 aliphatic heterocycles. The summed E-state index contributed by atoms with van der Waals surface area (Å²) in [5.41, 5.74) is 0. The summed E-state index contributed by atoms with van der Waals surface area (Å²) >= 11 is 1.76. The number of esters is 1. The summed E-state index contributed by atoms with van der Waals surface area (Å²) in [6, 6.07) is 4.22. The predicted molar refractivity (Wildman–Crippen MR) is 125 cm³/mol. The number of halogens is 1. The molecule has 1 N–H and O–H groups in total. The molecule has 8 nitrogen and oxygen atoms in total. The minimum atomic E-state index is -0.113. The van der Waals surface area contributed by atoms with Crippen LogP contribution in [0.4, 0.5) is 0 Å². The van der Waals surface area contributed by atoms with E-state index in [1.54, 1.807) is 11.3 Å². The van der Waals surface area contributed by atoms with E-state index in [9.17, 15) is 4.79 Å². The SMILES string of the molecule is COC(=O)C1CCN(C(=NCc2nnc(C)n2C)NCCc2cccs2)CC1.I. The maximum Gasteiger partial charge on any atom is 0.308 e. The molecular formula is C19H29IN6O2S. The monoisotopic (exact) mass is 532 g/mol. The predicted octanol–water partition coefficient (Wildman–Crippen LogP) is 2.38. The molecule has 0 radical (unpaired) electrons. The molecule has 0 aliphatic carbocycles. The topological polar surface area (TPSA) is 84.6 Å². The van der Waals surface area contributed by atoms with Gasteiger partial charge in [0.15, 0.2) is 11.8 Å². The molecule has 1 fully saturated rings. The zero-order valence-electron chi connectivity index (χ0n) is 17.1. The molecule has 0 amide bonds. The number of nitrogens with zero attached hydrogens (tertiary/aromatic N) is 5. The van der Waals surface area contributed by atoms with Gasteiger partial charge in [0.25, 0.3) is 0 Å². The maximum absolute atomic E-state index is 11.8. The summed E-state index contributed by atoms with van der Waals surface area (Å²) < 4.78 is 6.85. The summed E-state index contributed by atoms with van der Waals surface area (Å²) in [6.45, 7) is 4.77. The van der Waals surface area contributed by atoms with E-state index in [1.807, 2.05) is 18.5 Å². The number of thiophene rings is 1. The van der Waals surface area contributed by atoms with Crippen molar-refractivity contribution in [2.75, 3.05) is 26.7 Å². The molecule has 0 atom stereocenters. The number of rotatable bonds is 6. The second kappa shape index (κ2) is 11.5. The van der Waals surface area contributed by atoms with Crippen LogP contribution in [0.2, 0.25) is 0 Å². The molecule has 29 heavy (non-hydrogen) atoms. The van der Waals surface area contributed by atoms with Crippen molar-refractivity contribution in [2.45, 2.75) is 32.7 Å². The molecule has 160 valence electrons. The van der Waals surface area contributed by atoms with Gasteiger partial charge in [-0.05, 0) is 37.6 Å². The first-order valence-corrected chi connectivity index (χ1v) is 10.4. The molecule has 1 aliphatic rings. The minimum absolute atomic E-state index is 0. The van der Waals surface area contributed by atoms with Gasteiger partial charge in [-0.2, -0.15) is 0 Å². The van der Waals surface area contributed by atoms with Crippen LogP contribution in [0.1, 0.15) is 29.4 Å². The van der Waals surface area contributed by atoms with E-state index in [4.69, 9.17) is 9.73 Å². The highest BCUT2D eigenvalue weighted by molar-refractivity contribution is 14.0. The lowest BCUT2D eigenvalue weighted by atomic mass is 9.97. The van der Waals surface area contributed by atoms with Gasteiger partial charge in [-0.1, -0.05) is 6.07 Å². The van der Waals surface area contributed by atoms with Crippen LogP contribution in [0.3, 0.4) is 0 Å². The van der Waals surface area contributed by atoms with Crippen molar-refractivity contribution in [1.82, 2.24) is 25.0 Å². The van der Waals surface area contributed by atoms with Crippen molar-refractivity contribution in [3.8, 4) is 0 Å². The summed E-state index contributed by atoms with van der Waals surface area (Å²) in [6.07, 6.45) is 2.51. The molecule has 3 heterocycles. The standard InChI is InChI=1S/C19H28N6O2S.HI/c1-14-22-23-17(24(14)2)13-21-19(20-9-6-16-5-4-12-28-16)25-10-7-15(8-11-25)18(26)27-3;/h4-5,12,15H,6-11,13H2,1-3H3,(H,20,21);1H. The van der Waals surface area contributed by atoms with E-state index in [0.717, 1.165) is 56.5 Å². The van der Waals surface area contributed by atoms with Crippen LogP contribution in [0.5, 0.6) is 0 Å². The number of aliphatic imine (C=N–C) groups is 1. The van der Waals surface area contributed by atoms with Crippen LogP contribution in [0.25, 0.3) is 0 Å². The molecule has 0 unspecified atom stereocenters. The number of piperidine rings is 1. The summed E-state index contributed by atoms with van der Waals surface area (Å²) in [7, 11) is 3.41. The zero-order valence-corrected chi connectivity index (χ0v) is 20.3. The lowest BCUT2D eigenvalue weighted by molar-refractivity contribution is -0.146. The van der Waals surface area contributed by atoms with Gasteiger partial charge >= 0.3 is 5.97 Å². The Labute approximate surface area is 192 Å². The van der Waals surface area contributed by atoms with Gasteiger partial charge in [-0.15, -0.1) is 45.5 Å². The Hall–Kier alpha value is -1.69. The number of ether oxygens (including phenoxy) is 1. The van der Waals surface area contributed by atoms with Gasteiger partial charge < -0.3 is 19.5 Å². The van der Waals surface area contributed by atoms with Crippen molar-refractivity contribution in [1.29, 1.82) is 0 Å². The molecular weight excluding hydrogens is 503 g/mol. The Balaban J connectivity index is 0.00000300. The van der Waals surface area contributed by atoms with Gasteiger partial charge in [-0.25, -0.2) is 4.99 Å². The molecule has 3 rings (SSSR count). The fourth-order valence-corrected chi connectivity index (χ4v) is 3.96. The molecule has 0 saturated carbocycles. The number of carbonyl (C=O) groups is 1. The van der Waals surface area contributed by atoms with Crippen LogP contribution in [-0.4, -0.2) is 58.3 Å². The molecule has 10 heteroatoms. The molecule has 0 aromatic carbocycles. The molecule has 0 bridgehead atoms. The molecule has 2 aromatic rings. The van der Waals surface area contributed by atoms with Crippen LogP contribution < -0.4 is 5.32 Å². The van der Waals surface area contributed by atoms with E-state index in [0.29, 0.717) is 6.54 Å². The highest BCUT2D eigenvalue weighted by Crippen LogP contribution is 2.19. The highest BCUT2D eigenvalue weighted by Gasteiger charge is 2.27. The fraction of sp³-hybridized carbons (Fsp3) is 0.579. The van der Waals surface area contributed by atoms with Gasteiger partial charge in [0.1, 0.15) is 12.4 Å². The number of carbonyl (C=O) groups excluding carboxylic acids is 1. The Bertz CT molecular complexity index is 800. The fourth-order valence-electron chi connectivity index (χ4n) is 3.25. The number of aryl methyl sites for hydroxylation is 1. The normalized spacial score (nSPS) is 15.1. The average Bonchev–Trinajstić information content (AvgIpc) is 3.35. The van der Waals surface area contributed by atoms with Crippen LogP contribution in [0, 0.1) is 12.8 Å². The first-order valence-electron chi connectivity index (χ1n) is 9.57. The molecule has 1 saturated heterocycles. The Morgan fingerprint density at radius 1 is 1.38 bits per heavy atom. The smallest absolute Gasteiger partial charge is 0.308 e. The zero-order chi connectivity index (χ0) is 19.9. The summed E-state index contributed by atoms with van der Waals surface area (Å²) in [4.78, 5) is 20.2. The van der Waals surface area contributed by atoms with Gasteiger partial charge in [0, 0.05) is 31.6 Å². The van der Waals surface area contributed by atoms with Crippen molar-refractivity contribution < 1.29 is 9.53 Å². The first kappa shape index (κ1) is 23.6. The maximum atomic E-state index is 11.8. The second-order valence-corrected chi connectivity index (χ2v) is 7.94. The quantitative estimate of drug-likeness (QED) is 0.266. The number of aromatic nitrogens is 3. The first-order chi connectivity index (χ1) is 13.6. The van der Waals surface area contributed by atoms with Crippen molar-refractivity contribution >= 4 is 47.2 Å². The lowest BCUT2D eigenvalue weighted by Gasteiger charge is -2.33. The summed E-state index contributed by atoms with van der Waals surface area (Å²) in [5.74, 6) is 2.43. The van der Waals surface area contributed by atoms with Crippen molar-refractivity contribution in [2.24, 2.45) is 18.0 Å². The summed E-state index contributed by atoms with van der Waals surface area (Å²) in [5, 5.41) is 13.9. The number of methoxy groups -OCH3 is 1. The largest absolute Gasteiger partial charge is 0.469 e. The third-order valence-electron chi connectivity index (χ3n) is 5.12. The highest BCUT2D eigenvalue weighted by atomic mass is 127. The van der Waals surface area contributed by atoms with Crippen LogP contribution in [-0.2, 0) is 29.5 Å². The number of hydrogen-bond donors (Lipinski definition) is 1. The number of likely N-dealkylation sites (tertiary alicyclic amines) is 1. The lowest BCUT2D eigenvalue weighted by Crippen LogP contribution is -2.47. The third-order valence-corrected chi connectivity index (χ3v) is 6.05. The minimum Gasteiger partial charge on any atom is -0.469 e. The van der Waals surface area contributed by atoms with Crippen molar-refractivity contribution in [3.63, 3.8) is 0 Å². The van der Waals surface area contributed by atoms with Crippen LogP contribution >= 0.6 is 35.3 Å². The van der Waals surface area contributed by atoms with E-state index in [1.165, 1.54) is 12.0 Å². The second-order valence-electron chi connectivity index (χ2n) is 6.90. The average molecular weight is 532 g/mol. The van der Waals surface area contributed by atoms with Gasteiger partial charge in [0.2, 0.25) is 0 Å². The van der Waals surface area contributed by atoms with E-state index in [-0.39, 0.29) is 35.9 Å². The number of nitrogens with one attached hydrogen (secondary N) is 1. The van der Waals surface area contributed by atoms with E-state index in [2.05, 4.69) is 37.9 Å². The van der Waals surface area contributed by atoms with Crippen LogP contribution in [0.15, 0.2) is 22.5 Å². The number of guanidine groups is 1. The third kappa shape index (κ3) is 6.39. The Morgan fingerprint density at radius 3 is 2.72 bits per heavy atom. The van der Waals surface area contributed by atoms with Crippen molar-refractivity contribution in [3.05, 3.63) is 34.0 Å². The molecule has 0 spiro atoms. The van der Waals surface area contributed by atoms with E-state index < -0.39 is 0 Å². The van der Waals surface area contributed by atoms with Gasteiger partial charge in [0.05, 0.1) is 13.0 Å². The Kier molecular flexibility index (Phi) is 9.34. The Morgan fingerprint density at radius 2 is 2.14 bits per heavy atom. The molecule has 2 aromatic heterocycles.